The third-order valence-electron chi connectivity index (χ3n) is 0.809. The molecule has 9 heavy (non-hydrogen) atoms. The van der Waals surface area contributed by atoms with Crippen molar-refractivity contribution in [1.82, 2.24) is 0 Å². The quantitative estimate of drug-likeness (QED) is 0.519. The zero-order valence-electron chi connectivity index (χ0n) is 4.63. The number of nitrogens with zero attached hydrogens (tertiary/aromatic N) is 1. The molecule has 50 valence electrons. The molecule has 0 aromatic carbocycles. The van der Waals surface area contributed by atoms with E-state index >= 15 is 0 Å². The van der Waals surface area contributed by atoms with Crippen LogP contribution in [-0.2, 0) is 4.74 Å². The molecule has 1 unspecified atom stereocenters. The van der Waals surface area contributed by atoms with E-state index in [1.165, 1.54) is 7.11 Å². The van der Waals surface area contributed by atoms with E-state index < -0.39 is 10.7 Å². The zero-order valence-corrected chi connectivity index (χ0v) is 5.44. The number of hydrogen-bond acceptors (Lipinski definition) is 3. The first kappa shape index (κ1) is 6.54. The summed E-state index contributed by atoms with van der Waals surface area (Å²) in [7, 11) is 1.28. The molecule has 0 saturated carbocycles. The number of aliphatic imine (C=N–C) groups is 1. The minimum Gasteiger partial charge on any atom is -0.481 e. The van der Waals surface area contributed by atoms with Crippen LogP contribution in [0.25, 0.3) is 0 Å². The van der Waals surface area contributed by atoms with Crippen LogP contribution in [0.5, 0.6) is 0 Å². The number of methoxy groups -OCH3 is 1. The number of halogens is 1. The van der Waals surface area contributed by atoms with Crippen molar-refractivity contribution in [2.75, 3.05) is 7.11 Å². The van der Waals surface area contributed by atoms with Gasteiger partial charge in [0.15, 0.2) is 0 Å². The SMILES string of the molecule is COC1=NC(=O)SC1F. The van der Waals surface area contributed by atoms with Crippen molar-refractivity contribution in [2.24, 2.45) is 4.99 Å². The lowest BCUT2D eigenvalue weighted by Gasteiger charge is -1.96. The fourth-order valence-corrected chi connectivity index (χ4v) is 1.01. The Morgan fingerprint density at radius 3 is 2.78 bits per heavy atom. The van der Waals surface area contributed by atoms with Crippen molar-refractivity contribution in [3.8, 4) is 0 Å². The van der Waals surface area contributed by atoms with Crippen LogP contribution in [0.2, 0.25) is 0 Å². The Balaban J connectivity index is 2.68. The average molecular weight is 149 g/mol. The maximum Gasteiger partial charge on any atom is 0.311 e. The molecular weight excluding hydrogens is 145 g/mol. The summed E-state index contributed by atoms with van der Waals surface area (Å²) >= 11 is 0.519. The highest BCUT2D eigenvalue weighted by Gasteiger charge is 2.28. The first-order valence-electron chi connectivity index (χ1n) is 2.21. The number of hydrogen-bond donors (Lipinski definition) is 0. The molecule has 1 heterocycles. The van der Waals surface area contributed by atoms with E-state index in [1.807, 2.05) is 0 Å². The number of thioether (sulfide) groups is 1. The monoisotopic (exact) mass is 149 g/mol. The van der Waals surface area contributed by atoms with E-state index in [-0.39, 0.29) is 5.90 Å². The van der Waals surface area contributed by atoms with Gasteiger partial charge in [0.25, 0.3) is 0 Å². The van der Waals surface area contributed by atoms with Crippen LogP contribution in [0, 0.1) is 0 Å². The smallest absolute Gasteiger partial charge is 0.311 e. The van der Waals surface area contributed by atoms with Crippen LogP contribution < -0.4 is 0 Å². The Morgan fingerprint density at radius 2 is 2.56 bits per heavy atom. The molecule has 1 rings (SSSR count). The van der Waals surface area contributed by atoms with E-state index in [9.17, 15) is 9.18 Å². The highest BCUT2D eigenvalue weighted by atomic mass is 32.2. The number of carbonyl (C=O) groups excluding carboxylic acids is 1. The van der Waals surface area contributed by atoms with Crippen LogP contribution in [-0.4, -0.2) is 23.8 Å². The molecule has 0 N–H and O–H groups in total. The summed E-state index contributed by atoms with van der Waals surface area (Å²) in [5, 5.41) is -0.528. The van der Waals surface area contributed by atoms with Gasteiger partial charge in [-0.05, 0) is 11.8 Å². The highest BCUT2D eigenvalue weighted by molar-refractivity contribution is 8.15. The number of ether oxygens (including phenoxy) is 1. The number of rotatable bonds is 0. The van der Waals surface area contributed by atoms with Crippen LogP contribution in [0.4, 0.5) is 9.18 Å². The van der Waals surface area contributed by atoms with Gasteiger partial charge >= 0.3 is 5.24 Å². The van der Waals surface area contributed by atoms with Gasteiger partial charge in [-0.15, -0.1) is 0 Å². The van der Waals surface area contributed by atoms with Crippen LogP contribution in [0.15, 0.2) is 4.99 Å². The molecule has 0 aromatic rings. The van der Waals surface area contributed by atoms with Crippen molar-refractivity contribution < 1.29 is 13.9 Å². The summed E-state index contributed by atoms with van der Waals surface area (Å²) in [6.07, 6.45) is 0. The Bertz CT molecular complexity index is 170. The molecule has 1 aliphatic heterocycles. The van der Waals surface area contributed by atoms with Gasteiger partial charge in [0.05, 0.1) is 7.11 Å². The molecule has 0 saturated heterocycles. The molecule has 0 aromatic heterocycles. The topological polar surface area (TPSA) is 38.7 Å². The molecule has 0 spiro atoms. The molecule has 3 nitrogen and oxygen atoms in total. The van der Waals surface area contributed by atoms with Crippen molar-refractivity contribution in [3.63, 3.8) is 0 Å². The highest BCUT2D eigenvalue weighted by Crippen LogP contribution is 2.23. The third-order valence-corrected chi connectivity index (χ3v) is 1.51. The molecule has 1 aliphatic rings. The fraction of sp³-hybridized carbons (Fsp3) is 0.500. The summed E-state index contributed by atoms with van der Waals surface area (Å²) in [5.41, 5.74) is -1.40. The first-order valence-corrected chi connectivity index (χ1v) is 3.09. The van der Waals surface area contributed by atoms with Gasteiger partial charge in [-0.2, -0.15) is 4.99 Å². The fourth-order valence-electron chi connectivity index (χ4n) is 0.444. The van der Waals surface area contributed by atoms with E-state index in [1.54, 1.807) is 0 Å². The van der Waals surface area contributed by atoms with Gasteiger partial charge in [-0.3, -0.25) is 4.79 Å². The number of alkyl halides is 1. The van der Waals surface area contributed by atoms with E-state index in [0.717, 1.165) is 0 Å². The van der Waals surface area contributed by atoms with Crippen molar-refractivity contribution in [2.45, 2.75) is 5.50 Å². The van der Waals surface area contributed by atoms with Crippen molar-refractivity contribution >= 4 is 22.9 Å². The Kier molecular flexibility index (Phi) is 1.70. The summed E-state index contributed by atoms with van der Waals surface area (Å²) in [4.78, 5) is 13.5. The second-order valence-electron chi connectivity index (χ2n) is 1.35. The second-order valence-corrected chi connectivity index (χ2v) is 2.35. The zero-order chi connectivity index (χ0) is 6.85. The van der Waals surface area contributed by atoms with E-state index in [0.29, 0.717) is 11.8 Å². The predicted octanol–water partition coefficient (Wildman–Crippen LogP) is 1.19. The molecule has 0 fully saturated rings. The normalized spacial score (nSPS) is 26.2. The summed E-state index contributed by atoms with van der Waals surface area (Å²) in [6.45, 7) is 0. The summed E-state index contributed by atoms with van der Waals surface area (Å²) in [6, 6.07) is 0. The lowest BCUT2D eigenvalue weighted by Crippen LogP contribution is -2.08. The van der Waals surface area contributed by atoms with Gasteiger partial charge in [0.1, 0.15) is 0 Å². The average Bonchev–Trinajstić information content (AvgIpc) is 2.10. The number of carbonyl (C=O) groups is 1. The molecule has 1 atom stereocenters. The molecule has 0 bridgehead atoms. The van der Waals surface area contributed by atoms with Gasteiger partial charge in [-0.1, -0.05) is 0 Å². The molecule has 5 heteroatoms. The van der Waals surface area contributed by atoms with E-state index in [4.69, 9.17) is 0 Å². The Morgan fingerprint density at radius 1 is 1.89 bits per heavy atom. The van der Waals surface area contributed by atoms with Crippen molar-refractivity contribution in [3.05, 3.63) is 0 Å². The lowest BCUT2D eigenvalue weighted by atomic mass is 10.7. The first-order chi connectivity index (χ1) is 4.24. The standard InChI is InChI=1S/C4H4FNO2S/c1-8-3-2(5)9-4(7)6-3/h2H,1H3. The molecular formula is C4H4FNO2S. The Hall–Kier alpha value is -0.580. The Labute approximate surface area is 55.3 Å². The van der Waals surface area contributed by atoms with Crippen LogP contribution in [0.1, 0.15) is 0 Å². The van der Waals surface area contributed by atoms with Crippen LogP contribution in [0.3, 0.4) is 0 Å². The largest absolute Gasteiger partial charge is 0.481 e. The van der Waals surface area contributed by atoms with Crippen LogP contribution >= 0.6 is 11.8 Å². The number of amides is 1. The third kappa shape index (κ3) is 1.21. The second kappa shape index (κ2) is 2.34. The lowest BCUT2D eigenvalue weighted by molar-refractivity contribution is 0.267. The maximum atomic E-state index is 12.3. The van der Waals surface area contributed by atoms with Gasteiger partial charge in [0, 0.05) is 0 Å². The molecule has 0 radical (unpaired) electrons. The van der Waals surface area contributed by atoms with Gasteiger partial charge in [-0.25, -0.2) is 4.39 Å². The molecule has 1 amide bonds. The van der Waals surface area contributed by atoms with Gasteiger partial charge < -0.3 is 4.74 Å². The van der Waals surface area contributed by atoms with Crippen molar-refractivity contribution in [1.29, 1.82) is 0 Å². The predicted molar refractivity (Wildman–Crippen MR) is 32.3 cm³/mol. The van der Waals surface area contributed by atoms with E-state index in [2.05, 4.69) is 9.73 Å². The molecule has 0 aliphatic carbocycles. The van der Waals surface area contributed by atoms with Gasteiger partial charge in [0.2, 0.25) is 11.4 Å². The minimum atomic E-state index is -1.40. The summed E-state index contributed by atoms with van der Waals surface area (Å²) < 4.78 is 16.8. The minimum absolute atomic E-state index is 0.134. The summed E-state index contributed by atoms with van der Waals surface area (Å²) in [5.74, 6) is -0.134. The maximum absolute atomic E-state index is 12.3.